The fourth-order valence-corrected chi connectivity index (χ4v) is 1.68. The monoisotopic (exact) mass is 195 g/mol. The molecule has 14 heavy (non-hydrogen) atoms. The number of nitro groups is 1. The zero-order chi connectivity index (χ0) is 9.97. The van der Waals surface area contributed by atoms with E-state index in [1.165, 1.54) is 6.07 Å². The van der Waals surface area contributed by atoms with E-state index in [4.69, 9.17) is 4.42 Å². The van der Waals surface area contributed by atoms with Gasteiger partial charge in [-0.05, 0) is 19.4 Å². The average Bonchev–Trinajstić information content (AvgIpc) is 2.68. The summed E-state index contributed by atoms with van der Waals surface area (Å²) in [6.45, 7) is 0.956. The Morgan fingerprint density at radius 1 is 1.64 bits per heavy atom. The maximum atomic E-state index is 10.4. The van der Waals surface area contributed by atoms with E-state index < -0.39 is 4.92 Å². The highest BCUT2D eigenvalue weighted by atomic mass is 16.6. The van der Waals surface area contributed by atoms with Crippen LogP contribution in [-0.4, -0.2) is 11.5 Å². The number of nitrogens with one attached hydrogen (secondary N) is 1. The summed E-state index contributed by atoms with van der Waals surface area (Å²) in [4.78, 5) is 9.83. The number of hydrogen-bond acceptors (Lipinski definition) is 4. The van der Waals surface area contributed by atoms with Gasteiger partial charge in [0.05, 0.1) is 6.07 Å². The van der Waals surface area contributed by atoms with Crippen LogP contribution in [0.5, 0.6) is 0 Å². The molecular formula is C9H11N2O3. The second kappa shape index (κ2) is 3.79. The van der Waals surface area contributed by atoms with Crippen molar-refractivity contribution in [1.82, 2.24) is 5.32 Å². The highest BCUT2D eigenvalue weighted by molar-refractivity contribution is 5.24. The standard InChI is InChI=1S/C9H11N2O3/c12-11(13)9-5-7(6-14-9)8-3-1-2-4-10-8/h5,8,10H,1-4H2. The minimum Gasteiger partial charge on any atom is -0.397 e. The summed E-state index contributed by atoms with van der Waals surface area (Å²) >= 11 is 0. The van der Waals surface area contributed by atoms with E-state index in [1.807, 2.05) is 0 Å². The van der Waals surface area contributed by atoms with E-state index in [2.05, 4.69) is 11.6 Å². The molecule has 1 atom stereocenters. The van der Waals surface area contributed by atoms with Crippen LogP contribution in [0.15, 0.2) is 10.5 Å². The summed E-state index contributed by atoms with van der Waals surface area (Å²) in [5.74, 6) is -0.229. The largest absolute Gasteiger partial charge is 0.433 e. The SMILES string of the molecule is O=[N+]([O-])c1cc(C2CCCCN2)[c]o1. The fourth-order valence-electron chi connectivity index (χ4n) is 1.68. The first-order valence-electron chi connectivity index (χ1n) is 4.66. The average molecular weight is 195 g/mol. The van der Waals surface area contributed by atoms with Crippen LogP contribution < -0.4 is 5.32 Å². The van der Waals surface area contributed by atoms with Crippen molar-refractivity contribution in [2.75, 3.05) is 6.54 Å². The highest BCUT2D eigenvalue weighted by Gasteiger charge is 2.21. The predicted octanol–water partition coefficient (Wildman–Crippen LogP) is 1.80. The van der Waals surface area contributed by atoms with Crippen LogP contribution >= 0.6 is 0 Å². The summed E-state index contributed by atoms with van der Waals surface area (Å²) in [7, 11) is 0. The fraction of sp³-hybridized carbons (Fsp3) is 0.556. The van der Waals surface area contributed by atoms with E-state index in [1.54, 1.807) is 0 Å². The molecule has 5 nitrogen and oxygen atoms in total. The summed E-state index contributed by atoms with van der Waals surface area (Å²) < 4.78 is 4.72. The predicted molar refractivity (Wildman–Crippen MR) is 48.8 cm³/mol. The van der Waals surface area contributed by atoms with Crippen molar-refractivity contribution in [2.24, 2.45) is 0 Å². The molecule has 2 rings (SSSR count). The topological polar surface area (TPSA) is 68.3 Å². The number of hydrogen-bond donors (Lipinski definition) is 1. The first-order valence-corrected chi connectivity index (χ1v) is 4.66. The molecule has 5 heteroatoms. The van der Waals surface area contributed by atoms with Crippen molar-refractivity contribution < 1.29 is 9.34 Å². The minimum absolute atomic E-state index is 0.168. The Kier molecular flexibility index (Phi) is 2.49. The van der Waals surface area contributed by atoms with Crippen molar-refractivity contribution in [3.05, 3.63) is 28.0 Å². The van der Waals surface area contributed by atoms with E-state index in [-0.39, 0.29) is 11.9 Å². The maximum absolute atomic E-state index is 10.4. The maximum Gasteiger partial charge on any atom is 0.433 e. The third-order valence-electron chi connectivity index (χ3n) is 2.42. The van der Waals surface area contributed by atoms with Gasteiger partial charge in [0.25, 0.3) is 0 Å². The van der Waals surface area contributed by atoms with Gasteiger partial charge in [0.1, 0.15) is 4.92 Å². The van der Waals surface area contributed by atoms with Crippen LogP contribution in [0.2, 0.25) is 0 Å². The zero-order valence-electron chi connectivity index (χ0n) is 7.66. The molecule has 1 N–H and O–H groups in total. The van der Waals surface area contributed by atoms with Crippen LogP contribution in [-0.2, 0) is 0 Å². The van der Waals surface area contributed by atoms with E-state index in [0.29, 0.717) is 0 Å². The Morgan fingerprint density at radius 2 is 2.50 bits per heavy atom. The molecule has 0 saturated carbocycles. The van der Waals surface area contributed by atoms with Crippen LogP contribution in [0.25, 0.3) is 0 Å². The lowest BCUT2D eigenvalue weighted by atomic mass is 10.00. The second-order valence-electron chi connectivity index (χ2n) is 3.40. The van der Waals surface area contributed by atoms with Gasteiger partial charge in [-0.2, -0.15) is 0 Å². The Bertz CT molecular complexity index is 329. The summed E-state index contributed by atoms with van der Waals surface area (Å²) in [6, 6.07) is 1.62. The molecule has 1 aliphatic rings. The number of rotatable bonds is 2. The Hall–Kier alpha value is -1.36. The number of nitrogens with zero attached hydrogens (tertiary/aromatic N) is 1. The Balaban J connectivity index is 2.11. The van der Waals surface area contributed by atoms with Gasteiger partial charge in [0.2, 0.25) is 0 Å². The minimum atomic E-state index is -0.539. The molecule has 1 fully saturated rings. The van der Waals surface area contributed by atoms with Crippen molar-refractivity contribution in [3.8, 4) is 0 Å². The van der Waals surface area contributed by atoms with Gasteiger partial charge in [-0.15, -0.1) is 0 Å². The molecule has 1 aromatic heterocycles. The van der Waals surface area contributed by atoms with Crippen molar-refractivity contribution >= 4 is 5.88 Å². The quantitative estimate of drug-likeness (QED) is 0.577. The molecule has 1 unspecified atom stereocenters. The van der Waals surface area contributed by atoms with Crippen LogP contribution in [0, 0.1) is 16.4 Å². The molecule has 1 aliphatic heterocycles. The molecule has 1 radical (unpaired) electrons. The van der Waals surface area contributed by atoms with Gasteiger partial charge >= 0.3 is 5.88 Å². The van der Waals surface area contributed by atoms with Gasteiger partial charge in [-0.3, -0.25) is 10.1 Å². The van der Waals surface area contributed by atoms with Gasteiger partial charge < -0.3 is 9.73 Å². The molecule has 75 valence electrons. The summed E-state index contributed by atoms with van der Waals surface area (Å²) in [5.41, 5.74) is 0.761. The molecule has 1 saturated heterocycles. The third kappa shape index (κ3) is 1.77. The summed E-state index contributed by atoms with van der Waals surface area (Å²) in [5, 5.41) is 13.6. The van der Waals surface area contributed by atoms with Gasteiger partial charge in [0.15, 0.2) is 6.26 Å². The zero-order valence-corrected chi connectivity index (χ0v) is 7.66. The molecule has 0 amide bonds. The molecule has 0 aromatic carbocycles. The molecule has 2 heterocycles. The number of piperidine rings is 1. The molecular weight excluding hydrogens is 184 g/mol. The number of furan rings is 1. The van der Waals surface area contributed by atoms with E-state index in [9.17, 15) is 10.1 Å². The lowest BCUT2D eigenvalue weighted by Gasteiger charge is -2.21. The van der Waals surface area contributed by atoms with Gasteiger partial charge in [0, 0.05) is 11.6 Å². The molecule has 0 bridgehead atoms. The molecule has 1 aromatic rings. The van der Waals surface area contributed by atoms with E-state index >= 15 is 0 Å². The molecule has 0 spiro atoms. The lowest BCUT2D eigenvalue weighted by Crippen LogP contribution is -2.26. The first kappa shape index (κ1) is 9.21. The third-order valence-corrected chi connectivity index (χ3v) is 2.42. The van der Waals surface area contributed by atoms with Crippen LogP contribution in [0.4, 0.5) is 5.88 Å². The normalized spacial score (nSPS) is 22.1. The molecule has 0 aliphatic carbocycles. The Labute approximate surface area is 81.2 Å². The van der Waals surface area contributed by atoms with Crippen LogP contribution in [0.1, 0.15) is 30.9 Å². The first-order chi connectivity index (χ1) is 6.77. The van der Waals surface area contributed by atoms with Crippen molar-refractivity contribution in [2.45, 2.75) is 25.3 Å². The highest BCUT2D eigenvalue weighted by Crippen LogP contribution is 2.26. The van der Waals surface area contributed by atoms with Crippen molar-refractivity contribution in [1.29, 1.82) is 0 Å². The smallest absolute Gasteiger partial charge is 0.397 e. The van der Waals surface area contributed by atoms with Gasteiger partial charge in [-0.1, -0.05) is 6.42 Å². The summed E-state index contributed by atoms with van der Waals surface area (Å²) in [6.07, 6.45) is 5.88. The van der Waals surface area contributed by atoms with Crippen LogP contribution in [0.3, 0.4) is 0 Å². The lowest BCUT2D eigenvalue weighted by molar-refractivity contribution is -0.402. The Morgan fingerprint density at radius 3 is 3.07 bits per heavy atom. The van der Waals surface area contributed by atoms with Crippen molar-refractivity contribution in [3.63, 3.8) is 0 Å². The van der Waals surface area contributed by atoms with Gasteiger partial charge in [-0.25, -0.2) is 0 Å². The van der Waals surface area contributed by atoms with E-state index in [0.717, 1.165) is 31.4 Å². The second-order valence-corrected chi connectivity index (χ2v) is 3.40.